The number of hydrogen-bond acceptors (Lipinski definition) is 13. The standard InChI is InChI=1S/C26H22N2O3S8/c1-3-15-17(16-4-2-6-28-19(16)18(15)27-5-1)20-34-23-24(35-20)39-26(38-23)25-36-21-22(37-25)33-14-12-31-10-8-29-7-9-30-11-13-32-21/h1-6H,7-14H2. The van der Waals surface area contributed by atoms with Crippen LogP contribution in [0.25, 0.3) is 17.0 Å². The Bertz CT molecular complexity index is 1330. The molecule has 0 unspecified atom stereocenters. The average molecular weight is 667 g/mol. The van der Waals surface area contributed by atoms with Crippen molar-refractivity contribution in [3.8, 4) is 11.4 Å². The molecule has 0 N–H and O–H groups in total. The first-order chi connectivity index (χ1) is 19.3. The number of nitrogens with zero attached hydrogens (tertiary/aromatic N) is 2. The SMILES string of the molecule is c1cnc2c(c1)C(=C1SC3=C(SC(=C4SC5=C(SCCOCCOCCOCCS5)S4)S3)S1)c1cccnc1-2. The molecule has 4 aliphatic heterocycles. The Hall–Kier alpha value is -0.0600. The van der Waals surface area contributed by atoms with Crippen LogP contribution in [0.2, 0.25) is 0 Å². The van der Waals surface area contributed by atoms with E-state index in [0.29, 0.717) is 26.4 Å². The molecule has 0 bridgehead atoms. The Kier molecular flexibility index (Phi) is 9.30. The fourth-order valence-electron chi connectivity index (χ4n) is 4.19. The Morgan fingerprint density at radius 1 is 0.487 bits per heavy atom. The van der Waals surface area contributed by atoms with Crippen LogP contribution in [0.4, 0.5) is 0 Å². The van der Waals surface area contributed by atoms with Gasteiger partial charge in [-0.05, 0) is 12.1 Å². The van der Waals surface area contributed by atoms with Crippen LogP contribution in [-0.4, -0.2) is 61.1 Å². The maximum Gasteiger partial charge on any atom is 0.0971 e. The summed E-state index contributed by atoms with van der Waals surface area (Å²) in [4.78, 5) is 9.32. The van der Waals surface area contributed by atoms with Gasteiger partial charge >= 0.3 is 0 Å². The quantitative estimate of drug-likeness (QED) is 0.231. The number of thioether (sulfide) groups is 8. The Balaban J connectivity index is 1.06. The third kappa shape index (κ3) is 6.06. The summed E-state index contributed by atoms with van der Waals surface area (Å²) in [5, 5.41) is 0. The van der Waals surface area contributed by atoms with E-state index in [4.69, 9.17) is 14.2 Å². The summed E-state index contributed by atoms with van der Waals surface area (Å²) in [5.41, 5.74) is 5.65. The minimum Gasteiger partial charge on any atom is -0.378 e. The lowest BCUT2D eigenvalue weighted by atomic mass is 10.1. The topological polar surface area (TPSA) is 53.5 Å². The van der Waals surface area contributed by atoms with Crippen LogP contribution in [-0.2, 0) is 14.2 Å². The van der Waals surface area contributed by atoms with Crippen LogP contribution >= 0.6 is 94.1 Å². The summed E-state index contributed by atoms with van der Waals surface area (Å²) >= 11 is 15.4. The molecule has 39 heavy (non-hydrogen) atoms. The van der Waals surface area contributed by atoms with Crippen LogP contribution in [0.5, 0.6) is 0 Å². The monoisotopic (exact) mass is 666 g/mol. The van der Waals surface area contributed by atoms with E-state index in [2.05, 4.69) is 22.1 Å². The van der Waals surface area contributed by atoms with Crippen molar-refractivity contribution in [1.82, 2.24) is 9.97 Å². The molecule has 6 heterocycles. The van der Waals surface area contributed by atoms with E-state index < -0.39 is 0 Å². The highest BCUT2D eigenvalue weighted by atomic mass is 32.3. The second-order valence-electron chi connectivity index (χ2n) is 8.33. The van der Waals surface area contributed by atoms with Gasteiger partial charge in [0.15, 0.2) is 0 Å². The lowest BCUT2D eigenvalue weighted by Gasteiger charge is -2.09. The maximum absolute atomic E-state index is 5.75. The summed E-state index contributed by atoms with van der Waals surface area (Å²) in [7, 11) is 0. The molecule has 5 aliphatic rings. The summed E-state index contributed by atoms with van der Waals surface area (Å²) in [6, 6.07) is 8.40. The second kappa shape index (κ2) is 13.1. The zero-order valence-corrected chi connectivity index (χ0v) is 27.0. The average Bonchev–Trinajstić information content (AvgIpc) is 3.71. The minimum atomic E-state index is 0.630. The molecule has 0 saturated heterocycles. The van der Waals surface area contributed by atoms with Gasteiger partial charge in [-0.25, -0.2) is 0 Å². The fourth-order valence-corrected chi connectivity index (χ4v) is 16.6. The van der Waals surface area contributed by atoms with Crippen molar-refractivity contribution in [1.29, 1.82) is 0 Å². The third-order valence-corrected chi connectivity index (χ3v) is 17.5. The molecule has 0 aromatic carbocycles. The van der Waals surface area contributed by atoms with E-state index in [9.17, 15) is 0 Å². The van der Waals surface area contributed by atoms with Crippen LogP contribution in [0.15, 0.2) is 66.3 Å². The van der Waals surface area contributed by atoms with Crippen molar-refractivity contribution in [2.75, 3.05) is 51.1 Å². The Labute approximate surface area is 261 Å². The first kappa shape index (κ1) is 27.8. The number of ether oxygens (including phenoxy) is 3. The fraction of sp³-hybridized carbons (Fsp3) is 0.308. The first-order valence-corrected chi connectivity index (χ1v) is 19.2. The smallest absolute Gasteiger partial charge is 0.0971 e. The molecule has 0 radical (unpaired) electrons. The molecule has 5 nitrogen and oxygen atoms in total. The molecule has 1 aliphatic carbocycles. The number of hydrogen-bond donors (Lipinski definition) is 0. The molecule has 0 saturated carbocycles. The zero-order chi connectivity index (χ0) is 26.0. The van der Waals surface area contributed by atoms with E-state index >= 15 is 0 Å². The second-order valence-corrected chi connectivity index (χ2v) is 18.5. The van der Waals surface area contributed by atoms with Gasteiger partial charge in [0.05, 0.1) is 80.7 Å². The molecule has 2 aromatic heterocycles. The summed E-state index contributed by atoms with van der Waals surface area (Å²) in [5.74, 6) is 1.91. The molecule has 7 rings (SSSR count). The van der Waals surface area contributed by atoms with Crippen molar-refractivity contribution in [3.05, 3.63) is 77.4 Å². The van der Waals surface area contributed by atoms with Gasteiger partial charge in [-0.15, -0.1) is 23.5 Å². The molecule has 202 valence electrons. The van der Waals surface area contributed by atoms with E-state index in [1.54, 1.807) is 0 Å². The molecular formula is C26H22N2O3S8. The van der Waals surface area contributed by atoms with E-state index in [0.717, 1.165) is 36.1 Å². The highest BCUT2D eigenvalue weighted by Crippen LogP contribution is 2.72. The highest BCUT2D eigenvalue weighted by Gasteiger charge is 2.38. The molecule has 13 heteroatoms. The molecule has 2 aromatic rings. The van der Waals surface area contributed by atoms with E-state index in [-0.39, 0.29) is 0 Å². The van der Waals surface area contributed by atoms with Gasteiger partial charge in [0.2, 0.25) is 0 Å². The Morgan fingerprint density at radius 3 is 1.38 bits per heavy atom. The zero-order valence-electron chi connectivity index (χ0n) is 20.5. The van der Waals surface area contributed by atoms with E-state index in [1.807, 2.05) is 119 Å². The van der Waals surface area contributed by atoms with Crippen molar-refractivity contribution < 1.29 is 14.2 Å². The van der Waals surface area contributed by atoms with Gasteiger partial charge in [-0.1, -0.05) is 82.7 Å². The molecule has 0 atom stereocenters. The van der Waals surface area contributed by atoms with Crippen LogP contribution in [0.1, 0.15) is 11.1 Å². The highest BCUT2D eigenvalue weighted by molar-refractivity contribution is 8.49. The van der Waals surface area contributed by atoms with Gasteiger partial charge in [0.25, 0.3) is 0 Å². The predicted molar refractivity (Wildman–Crippen MR) is 177 cm³/mol. The molecule has 0 spiro atoms. The van der Waals surface area contributed by atoms with Gasteiger partial charge in [0.1, 0.15) is 0 Å². The van der Waals surface area contributed by atoms with Crippen LogP contribution in [0, 0.1) is 0 Å². The van der Waals surface area contributed by atoms with Crippen molar-refractivity contribution in [3.63, 3.8) is 0 Å². The van der Waals surface area contributed by atoms with Gasteiger partial charge < -0.3 is 14.2 Å². The predicted octanol–water partition coefficient (Wildman–Crippen LogP) is 8.52. The number of rotatable bonds is 0. The van der Waals surface area contributed by atoms with Crippen LogP contribution in [0.3, 0.4) is 0 Å². The minimum absolute atomic E-state index is 0.630. The largest absolute Gasteiger partial charge is 0.378 e. The third-order valence-electron chi connectivity index (χ3n) is 5.86. The summed E-state index contributed by atoms with van der Waals surface area (Å²) in [6.07, 6.45) is 3.72. The van der Waals surface area contributed by atoms with Crippen molar-refractivity contribution in [2.24, 2.45) is 0 Å². The van der Waals surface area contributed by atoms with Gasteiger partial charge in [-0.2, -0.15) is 0 Å². The normalized spacial score (nSPS) is 22.6. The summed E-state index contributed by atoms with van der Waals surface area (Å²) < 4.78 is 26.8. The molecule has 0 fully saturated rings. The van der Waals surface area contributed by atoms with Crippen molar-refractivity contribution >= 4 is 99.7 Å². The van der Waals surface area contributed by atoms with Gasteiger partial charge in [-0.3, -0.25) is 9.97 Å². The number of pyridine rings is 2. The first-order valence-electron chi connectivity index (χ1n) is 12.3. The molecular weight excluding hydrogens is 645 g/mol. The van der Waals surface area contributed by atoms with Crippen molar-refractivity contribution in [2.45, 2.75) is 0 Å². The lowest BCUT2D eigenvalue weighted by molar-refractivity contribution is 0.0205. The molecule has 0 amide bonds. The van der Waals surface area contributed by atoms with Gasteiger partial charge in [0, 0.05) is 40.6 Å². The van der Waals surface area contributed by atoms with E-state index in [1.165, 1.54) is 46.4 Å². The Morgan fingerprint density at radius 2 is 0.897 bits per heavy atom. The summed E-state index contributed by atoms with van der Waals surface area (Å²) in [6.45, 7) is 4.02. The van der Waals surface area contributed by atoms with Crippen LogP contribution < -0.4 is 0 Å². The lowest BCUT2D eigenvalue weighted by Crippen LogP contribution is -2.11. The number of aromatic nitrogens is 2. The number of fused-ring (bicyclic) bond motifs is 3. The maximum atomic E-state index is 5.75.